The van der Waals surface area contributed by atoms with Gasteiger partial charge in [0.05, 0.1) is 10.9 Å². The fourth-order valence-electron chi connectivity index (χ4n) is 5.58. The first-order valence-corrected chi connectivity index (χ1v) is 11.1. The van der Waals surface area contributed by atoms with Gasteiger partial charge >= 0.3 is 0 Å². The van der Waals surface area contributed by atoms with Crippen LogP contribution in [0, 0.1) is 11.8 Å². The van der Waals surface area contributed by atoms with Gasteiger partial charge in [-0.25, -0.2) is 8.78 Å². The van der Waals surface area contributed by atoms with E-state index in [-0.39, 0.29) is 29.8 Å². The fourth-order valence-corrected chi connectivity index (χ4v) is 5.58. The van der Waals surface area contributed by atoms with E-state index in [0.717, 1.165) is 25.7 Å². The quantitative estimate of drug-likeness (QED) is 0.744. The maximum Gasteiger partial charge on any atom is 0.268 e. The Hall–Kier alpha value is -2.31. The monoisotopic (exact) mass is 417 g/mol. The fraction of sp³-hybridized carbons (Fsp3) is 0.609. The summed E-state index contributed by atoms with van der Waals surface area (Å²) in [5.41, 5.74) is 5.83. The van der Waals surface area contributed by atoms with Crippen molar-refractivity contribution >= 4 is 16.8 Å². The van der Waals surface area contributed by atoms with Crippen molar-refractivity contribution < 1.29 is 13.6 Å². The number of nitrogens with two attached hydrogens (primary N) is 1. The van der Waals surface area contributed by atoms with E-state index in [9.17, 15) is 18.4 Å². The molecule has 2 atom stereocenters. The molecular weight excluding hydrogens is 388 g/mol. The topological polar surface area (TPSA) is 88.8 Å². The van der Waals surface area contributed by atoms with E-state index in [1.165, 1.54) is 31.5 Å². The third-order valence-electron chi connectivity index (χ3n) is 7.03. The van der Waals surface area contributed by atoms with Gasteiger partial charge in [0.15, 0.2) is 5.43 Å². The summed E-state index contributed by atoms with van der Waals surface area (Å²) in [6.07, 6.45) is 9.66. The highest BCUT2D eigenvalue weighted by Crippen LogP contribution is 2.49. The third-order valence-corrected chi connectivity index (χ3v) is 7.03. The largest absolute Gasteiger partial charge is 0.364 e. The lowest BCUT2D eigenvalue weighted by atomic mass is 9.67. The van der Waals surface area contributed by atoms with Crippen molar-refractivity contribution in [3.05, 3.63) is 39.9 Å². The standard InChI is InChI=1S/C23H29F2N3O2/c24-23(25)10-8-15(14-6-4-2-1-3-5-7-14)16(13-23)18-12-19(29)20-17(28-18)9-11-27-21(20)22(26)30/h9,11-12,14-16H,1-8,10,13H2,(H2,26,30)(H,28,29)/t15?,16-/m1/s1. The number of alkyl halides is 2. The molecule has 162 valence electrons. The number of aromatic amines is 1. The second kappa shape index (κ2) is 8.44. The van der Waals surface area contributed by atoms with Crippen LogP contribution in [0.5, 0.6) is 0 Å². The molecule has 0 bridgehead atoms. The zero-order valence-electron chi connectivity index (χ0n) is 17.1. The Morgan fingerprint density at radius 1 is 1.13 bits per heavy atom. The molecule has 30 heavy (non-hydrogen) atoms. The predicted molar refractivity (Wildman–Crippen MR) is 112 cm³/mol. The number of hydrogen-bond donors (Lipinski definition) is 2. The SMILES string of the molecule is NC(=O)c1nccc2[nH]c([C@@H]3CC(F)(F)CCC3C3CCCCCCC3)cc(=O)c12. The van der Waals surface area contributed by atoms with E-state index in [2.05, 4.69) is 9.97 Å². The van der Waals surface area contributed by atoms with E-state index < -0.39 is 23.2 Å². The van der Waals surface area contributed by atoms with Crippen LogP contribution in [0.2, 0.25) is 0 Å². The molecule has 1 unspecified atom stereocenters. The van der Waals surface area contributed by atoms with Gasteiger partial charge in [-0.3, -0.25) is 14.6 Å². The molecule has 2 aliphatic carbocycles. The average Bonchev–Trinajstić information content (AvgIpc) is 2.67. The number of nitrogens with one attached hydrogen (secondary N) is 1. The Balaban J connectivity index is 1.75. The molecule has 0 spiro atoms. The average molecular weight is 418 g/mol. The smallest absolute Gasteiger partial charge is 0.268 e. The highest BCUT2D eigenvalue weighted by molar-refractivity contribution is 6.03. The summed E-state index contributed by atoms with van der Waals surface area (Å²) >= 11 is 0. The molecule has 2 aromatic heterocycles. The number of pyridine rings is 2. The number of rotatable bonds is 3. The van der Waals surface area contributed by atoms with E-state index in [4.69, 9.17) is 5.73 Å². The van der Waals surface area contributed by atoms with Gasteiger partial charge in [0.1, 0.15) is 5.69 Å². The van der Waals surface area contributed by atoms with Crippen molar-refractivity contribution in [2.45, 2.75) is 76.0 Å². The summed E-state index contributed by atoms with van der Waals surface area (Å²) in [5, 5.41) is 0.124. The van der Waals surface area contributed by atoms with Crippen LogP contribution in [0.25, 0.3) is 10.9 Å². The first-order valence-electron chi connectivity index (χ1n) is 11.1. The zero-order chi connectivity index (χ0) is 21.3. The number of hydrogen-bond acceptors (Lipinski definition) is 3. The van der Waals surface area contributed by atoms with Gasteiger partial charge in [0, 0.05) is 36.7 Å². The minimum absolute atomic E-state index is 0.0851. The first-order chi connectivity index (χ1) is 14.4. The van der Waals surface area contributed by atoms with Gasteiger partial charge < -0.3 is 10.7 Å². The Morgan fingerprint density at radius 3 is 2.53 bits per heavy atom. The highest BCUT2D eigenvalue weighted by atomic mass is 19.3. The number of amides is 1. The van der Waals surface area contributed by atoms with Crippen molar-refractivity contribution in [1.82, 2.24) is 9.97 Å². The second-order valence-electron chi connectivity index (χ2n) is 9.01. The summed E-state index contributed by atoms with van der Waals surface area (Å²) in [5.74, 6) is -3.38. The van der Waals surface area contributed by atoms with Crippen molar-refractivity contribution in [1.29, 1.82) is 0 Å². The Kier molecular flexibility index (Phi) is 5.89. The van der Waals surface area contributed by atoms with Gasteiger partial charge in [-0.05, 0) is 24.3 Å². The van der Waals surface area contributed by atoms with Crippen molar-refractivity contribution in [2.24, 2.45) is 17.6 Å². The molecule has 1 amide bonds. The molecule has 5 nitrogen and oxygen atoms in total. The maximum absolute atomic E-state index is 14.4. The number of H-pyrrole nitrogens is 1. The summed E-state index contributed by atoms with van der Waals surface area (Å²) in [7, 11) is 0. The van der Waals surface area contributed by atoms with Gasteiger partial charge in [-0.2, -0.15) is 0 Å². The van der Waals surface area contributed by atoms with Gasteiger partial charge in [0.2, 0.25) is 5.92 Å². The molecule has 2 saturated carbocycles. The molecule has 2 fully saturated rings. The van der Waals surface area contributed by atoms with Crippen molar-refractivity contribution in [3.63, 3.8) is 0 Å². The summed E-state index contributed by atoms with van der Waals surface area (Å²) in [4.78, 5) is 31.6. The van der Waals surface area contributed by atoms with Crippen LogP contribution >= 0.6 is 0 Å². The molecule has 4 rings (SSSR count). The van der Waals surface area contributed by atoms with Crippen LogP contribution in [0.15, 0.2) is 23.1 Å². The number of carbonyl (C=O) groups is 1. The Bertz CT molecular complexity index is 980. The lowest BCUT2D eigenvalue weighted by Crippen LogP contribution is -2.36. The van der Waals surface area contributed by atoms with Gasteiger partial charge in [-0.1, -0.05) is 44.9 Å². The van der Waals surface area contributed by atoms with E-state index in [1.54, 1.807) is 6.07 Å². The van der Waals surface area contributed by atoms with Crippen LogP contribution in [0.3, 0.4) is 0 Å². The van der Waals surface area contributed by atoms with E-state index in [0.29, 0.717) is 23.5 Å². The number of carbonyl (C=O) groups excluding carboxylic acids is 1. The number of nitrogens with zero attached hydrogens (tertiary/aromatic N) is 1. The molecule has 0 saturated heterocycles. The molecule has 0 aliphatic heterocycles. The number of fused-ring (bicyclic) bond motifs is 1. The molecular formula is C23H29F2N3O2. The minimum atomic E-state index is -2.73. The molecule has 2 aromatic rings. The summed E-state index contributed by atoms with van der Waals surface area (Å²) in [6.45, 7) is 0. The molecule has 2 aliphatic rings. The van der Waals surface area contributed by atoms with Crippen LogP contribution < -0.4 is 11.2 Å². The lowest BCUT2D eigenvalue weighted by Gasteiger charge is -2.41. The third kappa shape index (κ3) is 4.25. The summed E-state index contributed by atoms with van der Waals surface area (Å²) < 4.78 is 28.9. The normalized spacial score (nSPS) is 25.5. The maximum atomic E-state index is 14.4. The van der Waals surface area contributed by atoms with Crippen LogP contribution in [0.1, 0.15) is 86.3 Å². The van der Waals surface area contributed by atoms with E-state index in [1.807, 2.05) is 0 Å². The molecule has 0 radical (unpaired) electrons. The Labute approximate surface area is 174 Å². The molecule has 0 aromatic carbocycles. The minimum Gasteiger partial charge on any atom is -0.364 e. The van der Waals surface area contributed by atoms with Crippen molar-refractivity contribution in [2.75, 3.05) is 0 Å². The first kappa shape index (κ1) is 20.9. The number of halogens is 2. The van der Waals surface area contributed by atoms with Gasteiger partial charge in [0.25, 0.3) is 5.91 Å². The molecule has 7 heteroatoms. The van der Waals surface area contributed by atoms with Crippen LogP contribution in [-0.2, 0) is 0 Å². The van der Waals surface area contributed by atoms with Crippen molar-refractivity contribution in [3.8, 4) is 0 Å². The highest BCUT2D eigenvalue weighted by Gasteiger charge is 2.44. The second-order valence-corrected chi connectivity index (χ2v) is 9.01. The van der Waals surface area contributed by atoms with Crippen LogP contribution in [0.4, 0.5) is 8.78 Å². The lowest BCUT2D eigenvalue weighted by molar-refractivity contribution is -0.0642. The predicted octanol–water partition coefficient (Wildman–Crippen LogP) is 4.90. The summed E-state index contributed by atoms with van der Waals surface area (Å²) in [6, 6.07) is 2.98. The number of primary amides is 1. The Morgan fingerprint density at radius 2 is 1.83 bits per heavy atom. The van der Waals surface area contributed by atoms with Crippen LogP contribution in [-0.4, -0.2) is 21.8 Å². The number of aromatic nitrogens is 2. The molecule has 2 heterocycles. The van der Waals surface area contributed by atoms with Gasteiger partial charge in [-0.15, -0.1) is 0 Å². The zero-order valence-corrected chi connectivity index (χ0v) is 17.1. The molecule has 3 N–H and O–H groups in total. The van der Waals surface area contributed by atoms with E-state index >= 15 is 0 Å².